The highest BCUT2D eigenvalue weighted by atomic mass is 16.5. The molecule has 2 aromatic rings. The molecule has 0 unspecified atom stereocenters. The third kappa shape index (κ3) is 3.61. The van der Waals surface area contributed by atoms with E-state index < -0.39 is 0 Å². The minimum absolute atomic E-state index is 0.144. The quantitative estimate of drug-likeness (QED) is 0.867. The second-order valence-corrected chi connectivity index (χ2v) is 7.25. The van der Waals surface area contributed by atoms with Gasteiger partial charge in [-0.15, -0.1) is 0 Å². The molecule has 1 aliphatic heterocycles. The van der Waals surface area contributed by atoms with E-state index in [0.717, 1.165) is 30.9 Å². The molecule has 1 aliphatic rings. The summed E-state index contributed by atoms with van der Waals surface area (Å²) in [5.74, 6) is 0.949. The van der Waals surface area contributed by atoms with E-state index in [1.54, 1.807) is 0 Å². The minimum atomic E-state index is 0.144. The van der Waals surface area contributed by atoms with E-state index in [1.807, 2.05) is 12.1 Å². The van der Waals surface area contributed by atoms with E-state index in [1.165, 1.54) is 16.8 Å². The van der Waals surface area contributed by atoms with Crippen LogP contribution in [0.15, 0.2) is 42.5 Å². The molecule has 2 N–H and O–H groups in total. The minimum Gasteiger partial charge on any atom is -0.492 e. The summed E-state index contributed by atoms with van der Waals surface area (Å²) in [5, 5.41) is 0. The van der Waals surface area contributed by atoms with Gasteiger partial charge in [-0.1, -0.05) is 39.0 Å². The Balaban J connectivity index is 1.60. The number of ether oxygens (including phenoxy) is 1. The molecule has 2 aromatic carbocycles. The Morgan fingerprint density at radius 2 is 1.96 bits per heavy atom. The number of rotatable bonds is 4. The summed E-state index contributed by atoms with van der Waals surface area (Å²) in [4.78, 5) is 2.36. The van der Waals surface area contributed by atoms with Crippen LogP contribution in [-0.4, -0.2) is 19.7 Å². The third-order valence-electron chi connectivity index (χ3n) is 4.43. The van der Waals surface area contributed by atoms with E-state index in [-0.39, 0.29) is 5.41 Å². The second kappa shape index (κ2) is 6.15. The number of anilines is 2. The molecule has 3 nitrogen and oxygen atoms in total. The molecule has 122 valence electrons. The number of nitrogens with two attached hydrogens (primary N) is 1. The molecule has 0 fully saturated rings. The molecule has 0 aliphatic carbocycles. The number of fused-ring (bicyclic) bond motifs is 1. The van der Waals surface area contributed by atoms with E-state index >= 15 is 0 Å². The lowest BCUT2D eigenvalue weighted by molar-refractivity contribution is 0.323. The molecule has 3 heteroatoms. The molecule has 23 heavy (non-hydrogen) atoms. The normalized spacial score (nSPS) is 14.0. The van der Waals surface area contributed by atoms with Crippen LogP contribution in [0.5, 0.6) is 5.75 Å². The first kappa shape index (κ1) is 15.7. The average molecular weight is 310 g/mol. The van der Waals surface area contributed by atoms with Gasteiger partial charge in [0.15, 0.2) is 0 Å². The summed E-state index contributed by atoms with van der Waals surface area (Å²) < 4.78 is 5.98. The van der Waals surface area contributed by atoms with Crippen molar-refractivity contribution in [3.63, 3.8) is 0 Å². The number of hydrogen-bond acceptors (Lipinski definition) is 3. The monoisotopic (exact) mass is 310 g/mol. The van der Waals surface area contributed by atoms with Gasteiger partial charge < -0.3 is 15.4 Å². The molecule has 0 bridgehead atoms. The molecule has 0 saturated heterocycles. The maximum absolute atomic E-state index is 5.98. The second-order valence-electron chi connectivity index (χ2n) is 7.25. The molecule has 0 radical (unpaired) electrons. The molecular formula is C20H26N2O. The number of benzene rings is 2. The largest absolute Gasteiger partial charge is 0.492 e. The van der Waals surface area contributed by atoms with Crippen LogP contribution in [0.4, 0.5) is 11.4 Å². The van der Waals surface area contributed by atoms with Crippen LogP contribution in [0.1, 0.15) is 31.9 Å². The molecule has 0 saturated carbocycles. The Morgan fingerprint density at radius 3 is 2.74 bits per heavy atom. The van der Waals surface area contributed by atoms with Crippen molar-refractivity contribution < 1.29 is 4.74 Å². The highest BCUT2D eigenvalue weighted by molar-refractivity contribution is 5.64. The lowest BCUT2D eigenvalue weighted by Gasteiger charge is -2.21. The summed E-state index contributed by atoms with van der Waals surface area (Å²) in [6.45, 7) is 9.27. The Morgan fingerprint density at radius 1 is 1.13 bits per heavy atom. The van der Waals surface area contributed by atoms with Gasteiger partial charge in [0.25, 0.3) is 0 Å². The fourth-order valence-electron chi connectivity index (χ4n) is 3.02. The van der Waals surface area contributed by atoms with Gasteiger partial charge in [0.2, 0.25) is 0 Å². The maximum atomic E-state index is 5.98. The molecule has 0 spiro atoms. The smallest absolute Gasteiger partial charge is 0.119 e. The zero-order chi connectivity index (χ0) is 16.4. The van der Waals surface area contributed by atoms with Crippen molar-refractivity contribution in [3.8, 4) is 5.75 Å². The highest BCUT2D eigenvalue weighted by Gasteiger charge is 2.19. The third-order valence-corrected chi connectivity index (χ3v) is 4.43. The Labute approximate surface area is 139 Å². The predicted octanol–water partition coefficient (Wildman–Crippen LogP) is 4.01. The van der Waals surface area contributed by atoms with Crippen molar-refractivity contribution in [3.05, 3.63) is 53.6 Å². The van der Waals surface area contributed by atoms with Crippen molar-refractivity contribution in [1.82, 2.24) is 0 Å². The summed E-state index contributed by atoms with van der Waals surface area (Å²) in [5.41, 5.74) is 10.8. The predicted molar refractivity (Wildman–Crippen MR) is 97.4 cm³/mol. The van der Waals surface area contributed by atoms with Crippen molar-refractivity contribution in [2.75, 3.05) is 30.3 Å². The van der Waals surface area contributed by atoms with Gasteiger partial charge in [0.05, 0.1) is 6.54 Å². The highest BCUT2D eigenvalue weighted by Crippen LogP contribution is 2.30. The lowest BCUT2D eigenvalue weighted by Crippen LogP contribution is -2.26. The average Bonchev–Trinajstić information content (AvgIpc) is 2.89. The molecule has 0 aromatic heterocycles. The summed E-state index contributed by atoms with van der Waals surface area (Å²) in [7, 11) is 0. The molecule has 1 heterocycles. The van der Waals surface area contributed by atoms with E-state index in [0.29, 0.717) is 6.61 Å². The first-order chi connectivity index (χ1) is 10.9. The number of nitrogens with zero attached hydrogens (tertiary/aromatic N) is 1. The fraction of sp³-hybridized carbons (Fsp3) is 0.400. The SMILES string of the molecule is CC(C)(C)c1cccc(OCCN2CCc3ccc(N)cc32)c1. The molecule has 0 amide bonds. The summed E-state index contributed by atoms with van der Waals surface area (Å²) >= 11 is 0. The lowest BCUT2D eigenvalue weighted by atomic mass is 9.87. The van der Waals surface area contributed by atoms with Gasteiger partial charge in [-0.2, -0.15) is 0 Å². The van der Waals surface area contributed by atoms with Gasteiger partial charge in [0, 0.05) is 17.9 Å². The van der Waals surface area contributed by atoms with Crippen LogP contribution in [0, 0.1) is 0 Å². The van der Waals surface area contributed by atoms with Crippen molar-refractivity contribution >= 4 is 11.4 Å². The van der Waals surface area contributed by atoms with Gasteiger partial charge in [-0.3, -0.25) is 0 Å². The van der Waals surface area contributed by atoms with Crippen LogP contribution < -0.4 is 15.4 Å². The van der Waals surface area contributed by atoms with E-state index in [2.05, 4.69) is 56.0 Å². The first-order valence-electron chi connectivity index (χ1n) is 8.30. The van der Waals surface area contributed by atoms with Crippen molar-refractivity contribution in [2.45, 2.75) is 32.6 Å². The van der Waals surface area contributed by atoms with Crippen molar-refractivity contribution in [2.24, 2.45) is 0 Å². The first-order valence-corrected chi connectivity index (χ1v) is 8.30. The molecular weight excluding hydrogens is 284 g/mol. The van der Waals surface area contributed by atoms with Gasteiger partial charge in [-0.25, -0.2) is 0 Å². The van der Waals surface area contributed by atoms with Gasteiger partial charge in [-0.05, 0) is 47.2 Å². The molecule has 0 atom stereocenters. The zero-order valence-corrected chi connectivity index (χ0v) is 14.3. The fourth-order valence-corrected chi connectivity index (χ4v) is 3.02. The Kier molecular flexibility index (Phi) is 4.20. The topological polar surface area (TPSA) is 38.5 Å². The van der Waals surface area contributed by atoms with Crippen LogP contribution in [0.3, 0.4) is 0 Å². The van der Waals surface area contributed by atoms with Crippen molar-refractivity contribution in [1.29, 1.82) is 0 Å². The van der Waals surface area contributed by atoms with Gasteiger partial charge in [0.1, 0.15) is 12.4 Å². The number of nitrogen functional groups attached to an aromatic ring is 1. The summed E-state index contributed by atoms with van der Waals surface area (Å²) in [6.07, 6.45) is 1.09. The molecule has 3 rings (SSSR count). The maximum Gasteiger partial charge on any atom is 0.119 e. The standard InChI is InChI=1S/C20H26N2O/c1-20(2,3)16-5-4-6-18(13-16)23-12-11-22-10-9-15-7-8-17(21)14-19(15)22/h4-8,13-14H,9-12,21H2,1-3H3. The van der Waals surface area contributed by atoms with Crippen LogP contribution in [0.2, 0.25) is 0 Å². The van der Waals surface area contributed by atoms with Crippen LogP contribution in [0.25, 0.3) is 0 Å². The van der Waals surface area contributed by atoms with Gasteiger partial charge >= 0.3 is 0 Å². The van der Waals surface area contributed by atoms with E-state index in [9.17, 15) is 0 Å². The summed E-state index contributed by atoms with van der Waals surface area (Å²) in [6, 6.07) is 14.6. The zero-order valence-electron chi connectivity index (χ0n) is 14.3. The van der Waals surface area contributed by atoms with E-state index in [4.69, 9.17) is 10.5 Å². The van der Waals surface area contributed by atoms with Crippen LogP contribution in [-0.2, 0) is 11.8 Å². The Bertz CT molecular complexity index is 688. The van der Waals surface area contributed by atoms with Crippen LogP contribution >= 0.6 is 0 Å². The number of hydrogen-bond donors (Lipinski definition) is 1. The Hall–Kier alpha value is -2.16.